The number of aromatic nitrogens is 1. The summed E-state index contributed by atoms with van der Waals surface area (Å²) in [6, 6.07) is 11.4. The van der Waals surface area contributed by atoms with Gasteiger partial charge in [0.25, 0.3) is 5.91 Å². The first-order chi connectivity index (χ1) is 12.8. The van der Waals surface area contributed by atoms with Crippen LogP contribution in [0.1, 0.15) is 23.5 Å². The van der Waals surface area contributed by atoms with Crippen LogP contribution in [0.15, 0.2) is 48.7 Å². The average Bonchev–Trinajstić information content (AvgIpc) is 3.43. The quantitative estimate of drug-likeness (QED) is 0.813. The van der Waals surface area contributed by atoms with Crippen LogP contribution in [0.2, 0.25) is 0 Å². The van der Waals surface area contributed by atoms with E-state index in [9.17, 15) is 28.0 Å². The number of hydrogen-bond donors (Lipinski definition) is 1. The Morgan fingerprint density at radius 2 is 1.89 bits per heavy atom. The zero-order valence-electron chi connectivity index (χ0n) is 13.9. The Bertz CT molecular complexity index is 906. The maximum atomic E-state index is 13.2. The van der Waals surface area contributed by atoms with Crippen LogP contribution in [-0.4, -0.2) is 16.7 Å². The van der Waals surface area contributed by atoms with Crippen LogP contribution in [0.3, 0.4) is 0 Å². The summed E-state index contributed by atoms with van der Waals surface area (Å²) in [5.41, 5.74) is -0.776. The third-order valence-electron chi connectivity index (χ3n) is 4.41. The van der Waals surface area contributed by atoms with Gasteiger partial charge in [-0.25, -0.2) is 4.98 Å². The van der Waals surface area contributed by atoms with Crippen LogP contribution >= 0.6 is 0 Å². The van der Waals surface area contributed by atoms with Gasteiger partial charge in [-0.3, -0.25) is 9.59 Å². The van der Waals surface area contributed by atoms with Gasteiger partial charge in [0.15, 0.2) is 11.7 Å². The van der Waals surface area contributed by atoms with Gasteiger partial charge >= 0.3 is 6.18 Å². The smallest absolute Gasteiger partial charge is 0.309 e. The number of pyridine rings is 1. The van der Waals surface area contributed by atoms with E-state index in [0.717, 1.165) is 6.07 Å². The lowest BCUT2D eigenvalue weighted by atomic mass is 9.96. The number of anilines is 1. The number of alkyl halides is 3. The van der Waals surface area contributed by atoms with E-state index < -0.39 is 41.2 Å². The SMILES string of the molecule is N#C[C@H](C(=O)Nc1ccccn1)C(=O)[C@H]1C[C@@H]1c1ccccc1C(F)(F)F. The summed E-state index contributed by atoms with van der Waals surface area (Å²) in [5.74, 6) is -4.35. The molecule has 0 spiro atoms. The minimum atomic E-state index is -4.53. The van der Waals surface area contributed by atoms with E-state index in [4.69, 9.17) is 0 Å². The highest BCUT2D eigenvalue weighted by Crippen LogP contribution is 2.52. The summed E-state index contributed by atoms with van der Waals surface area (Å²) in [7, 11) is 0. The normalized spacial score (nSPS) is 19.6. The van der Waals surface area contributed by atoms with Crippen molar-refractivity contribution in [3.8, 4) is 6.07 Å². The van der Waals surface area contributed by atoms with Crippen molar-refractivity contribution in [3.05, 3.63) is 59.8 Å². The zero-order chi connectivity index (χ0) is 19.6. The number of amides is 1. The van der Waals surface area contributed by atoms with Crippen LogP contribution in [0.5, 0.6) is 0 Å². The molecule has 1 aromatic heterocycles. The second-order valence-electron chi connectivity index (χ2n) is 6.20. The first-order valence-corrected chi connectivity index (χ1v) is 8.14. The largest absolute Gasteiger partial charge is 0.416 e. The van der Waals surface area contributed by atoms with Crippen molar-refractivity contribution < 1.29 is 22.8 Å². The minimum absolute atomic E-state index is 0.0187. The molecule has 1 aromatic carbocycles. The van der Waals surface area contributed by atoms with Gasteiger partial charge in [-0.15, -0.1) is 0 Å². The Labute approximate surface area is 152 Å². The van der Waals surface area contributed by atoms with E-state index in [1.807, 2.05) is 0 Å². The minimum Gasteiger partial charge on any atom is -0.309 e. The number of halogens is 3. The van der Waals surface area contributed by atoms with Gasteiger partial charge in [0, 0.05) is 12.1 Å². The van der Waals surface area contributed by atoms with Crippen LogP contribution in [0.4, 0.5) is 19.0 Å². The van der Waals surface area contributed by atoms with Gasteiger partial charge < -0.3 is 5.32 Å². The second-order valence-corrected chi connectivity index (χ2v) is 6.20. The van der Waals surface area contributed by atoms with E-state index in [1.54, 1.807) is 18.2 Å². The molecule has 0 radical (unpaired) electrons. The lowest BCUT2D eigenvalue weighted by molar-refractivity contribution is -0.138. The molecule has 5 nitrogen and oxygen atoms in total. The molecule has 1 heterocycles. The molecule has 1 N–H and O–H groups in total. The van der Waals surface area contributed by atoms with E-state index in [0.29, 0.717) is 0 Å². The molecule has 3 rings (SSSR count). The fourth-order valence-corrected chi connectivity index (χ4v) is 3.03. The lowest BCUT2D eigenvalue weighted by Crippen LogP contribution is -2.30. The van der Waals surface area contributed by atoms with Crippen molar-refractivity contribution >= 4 is 17.5 Å². The first-order valence-electron chi connectivity index (χ1n) is 8.14. The number of carbonyl (C=O) groups excluding carboxylic acids is 2. The highest BCUT2D eigenvalue weighted by atomic mass is 19.4. The van der Waals surface area contributed by atoms with Crippen molar-refractivity contribution in [2.24, 2.45) is 11.8 Å². The van der Waals surface area contributed by atoms with E-state index in [2.05, 4.69) is 10.3 Å². The number of hydrogen-bond acceptors (Lipinski definition) is 4. The number of benzene rings is 1. The highest BCUT2D eigenvalue weighted by Gasteiger charge is 2.50. The molecule has 27 heavy (non-hydrogen) atoms. The fraction of sp³-hybridized carbons (Fsp3) is 0.263. The number of carbonyl (C=O) groups is 2. The predicted octanol–water partition coefficient (Wildman–Crippen LogP) is 3.55. The van der Waals surface area contributed by atoms with Gasteiger partial charge in [0.1, 0.15) is 5.82 Å². The molecule has 0 saturated heterocycles. The number of nitriles is 1. The van der Waals surface area contributed by atoms with E-state index in [1.165, 1.54) is 30.5 Å². The lowest BCUT2D eigenvalue weighted by Gasteiger charge is -2.13. The summed E-state index contributed by atoms with van der Waals surface area (Å²) in [6.45, 7) is 0. The summed E-state index contributed by atoms with van der Waals surface area (Å²) in [4.78, 5) is 28.6. The number of rotatable bonds is 5. The first kappa shape index (κ1) is 18.6. The Balaban J connectivity index is 1.74. The van der Waals surface area contributed by atoms with E-state index >= 15 is 0 Å². The molecule has 1 aliphatic carbocycles. The van der Waals surface area contributed by atoms with Crippen molar-refractivity contribution in [1.82, 2.24) is 4.98 Å². The number of nitrogens with one attached hydrogen (secondary N) is 1. The zero-order valence-corrected chi connectivity index (χ0v) is 13.9. The number of nitrogens with zero attached hydrogens (tertiary/aromatic N) is 2. The molecule has 3 atom stereocenters. The van der Waals surface area contributed by atoms with Gasteiger partial charge in [-0.2, -0.15) is 18.4 Å². The molecule has 1 fully saturated rings. The fourth-order valence-electron chi connectivity index (χ4n) is 3.03. The monoisotopic (exact) mass is 373 g/mol. The maximum Gasteiger partial charge on any atom is 0.416 e. The van der Waals surface area contributed by atoms with Crippen molar-refractivity contribution in [3.63, 3.8) is 0 Å². The van der Waals surface area contributed by atoms with Crippen molar-refractivity contribution in [2.45, 2.75) is 18.5 Å². The summed E-state index contributed by atoms with van der Waals surface area (Å²) < 4.78 is 39.5. The molecule has 1 amide bonds. The van der Waals surface area contributed by atoms with E-state index in [-0.39, 0.29) is 17.8 Å². The molecule has 8 heteroatoms. The second kappa shape index (κ2) is 7.19. The van der Waals surface area contributed by atoms with Gasteiger partial charge in [-0.1, -0.05) is 24.3 Å². The van der Waals surface area contributed by atoms with Gasteiger partial charge in [-0.05, 0) is 36.1 Å². The van der Waals surface area contributed by atoms with Crippen LogP contribution in [-0.2, 0) is 15.8 Å². The predicted molar refractivity (Wildman–Crippen MR) is 89.3 cm³/mol. The molecule has 2 aromatic rings. The molecule has 0 aliphatic heterocycles. The molecular formula is C19H14F3N3O2. The highest BCUT2D eigenvalue weighted by molar-refractivity contribution is 6.10. The van der Waals surface area contributed by atoms with Crippen LogP contribution < -0.4 is 5.32 Å². The molecular weight excluding hydrogens is 359 g/mol. The maximum absolute atomic E-state index is 13.2. The molecule has 1 saturated carbocycles. The Hall–Kier alpha value is -3.21. The molecule has 138 valence electrons. The summed E-state index contributed by atoms with van der Waals surface area (Å²) in [6.07, 6.45) is -2.91. The third kappa shape index (κ3) is 3.97. The molecule has 0 bridgehead atoms. The summed E-state index contributed by atoms with van der Waals surface area (Å²) >= 11 is 0. The Morgan fingerprint density at radius 3 is 2.52 bits per heavy atom. The Morgan fingerprint density at radius 1 is 1.19 bits per heavy atom. The molecule has 0 unspecified atom stereocenters. The summed E-state index contributed by atoms with van der Waals surface area (Å²) in [5, 5.41) is 11.6. The van der Waals surface area contributed by atoms with Gasteiger partial charge in [0.05, 0.1) is 11.6 Å². The van der Waals surface area contributed by atoms with Crippen molar-refractivity contribution in [2.75, 3.05) is 5.32 Å². The van der Waals surface area contributed by atoms with Crippen molar-refractivity contribution in [1.29, 1.82) is 5.26 Å². The Kier molecular flexibility index (Phi) is 4.95. The number of ketones is 1. The standard InChI is InChI=1S/C19H14F3N3O2/c20-19(21,22)15-6-2-1-5-11(15)12-9-13(12)17(26)14(10-23)18(27)25-16-7-3-4-8-24-16/h1-8,12-14H,9H2,(H,24,25,27)/t12-,13+,14+/m1/s1. The van der Waals surface area contributed by atoms with Crippen LogP contribution in [0.25, 0.3) is 0 Å². The van der Waals surface area contributed by atoms with Gasteiger partial charge in [0.2, 0.25) is 0 Å². The number of Topliss-reactive ketones (excluding diaryl/α,β-unsaturated/α-hetero) is 1. The molecule has 1 aliphatic rings. The average molecular weight is 373 g/mol. The topological polar surface area (TPSA) is 82.8 Å². The van der Waals surface area contributed by atoms with Crippen LogP contribution in [0, 0.1) is 23.2 Å². The third-order valence-corrected chi connectivity index (χ3v) is 4.41.